The SMILES string of the molecule is CCNC(CC)C(C)CC1COc2ccccc21. The monoisotopic (exact) mass is 247 g/mol. The van der Waals surface area contributed by atoms with Crippen LogP contribution in [-0.4, -0.2) is 19.2 Å². The molecule has 1 aliphatic rings. The van der Waals surface area contributed by atoms with Crippen LogP contribution in [0.3, 0.4) is 0 Å². The normalized spacial score (nSPS) is 21.2. The van der Waals surface area contributed by atoms with Crippen molar-refractivity contribution in [1.29, 1.82) is 0 Å². The summed E-state index contributed by atoms with van der Waals surface area (Å²) in [5.41, 5.74) is 1.40. The molecule has 0 fully saturated rings. The van der Waals surface area contributed by atoms with Crippen molar-refractivity contribution < 1.29 is 4.74 Å². The quantitative estimate of drug-likeness (QED) is 0.829. The lowest BCUT2D eigenvalue weighted by Gasteiger charge is -2.25. The highest BCUT2D eigenvalue weighted by atomic mass is 16.5. The first kappa shape index (κ1) is 13.4. The number of benzene rings is 1. The Bertz CT molecular complexity index is 377. The summed E-state index contributed by atoms with van der Waals surface area (Å²) >= 11 is 0. The molecule has 0 radical (unpaired) electrons. The number of hydrogen-bond donors (Lipinski definition) is 1. The highest BCUT2D eigenvalue weighted by molar-refractivity contribution is 5.39. The zero-order valence-electron chi connectivity index (χ0n) is 11.8. The Labute approximate surface area is 111 Å². The number of hydrogen-bond acceptors (Lipinski definition) is 2. The standard InChI is InChI=1S/C16H25NO/c1-4-15(17-5-2)12(3)10-13-11-18-16-9-7-6-8-14(13)16/h6-9,12-13,15,17H,4-5,10-11H2,1-3H3. The van der Waals surface area contributed by atoms with Gasteiger partial charge in [-0.1, -0.05) is 39.0 Å². The molecule has 0 aliphatic carbocycles. The molecule has 3 atom stereocenters. The molecule has 1 aliphatic heterocycles. The van der Waals surface area contributed by atoms with Gasteiger partial charge in [0, 0.05) is 17.5 Å². The summed E-state index contributed by atoms with van der Waals surface area (Å²) in [6.07, 6.45) is 2.41. The van der Waals surface area contributed by atoms with Gasteiger partial charge in [0.2, 0.25) is 0 Å². The molecular formula is C16H25NO. The van der Waals surface area contributed by atoms with Gasteiger partial charge in [-0.05, 0) is 31.4 Å². The fourth-order valence-electron chi connectivity index (χ4n) is 3.05. The van der Waals surface area contributed by atoms with Crippen LogP contribution in [0.1, 0.15) is 45.1 Å². The van der Waals surface area contributed by atoms with Gasteiger partial charge < -0.3 is 10.1 Å². The van der Waals surface area contributed by atoms with Crippen LogP contribution in [-0.2, 0) is 0 Å². The third-order valence-electron chi connectivity index (χ3n) is 4.05. The molecule has 1 heterocycles. The molecule has 18 heavy (non-hydrogen) atoms. The molecule has 0 spiro atoms. The number of fused-ring (bicyclic) bond motifs is 1. The number of nitrogens with one attached hydrogen (secondary N) is 1. The summed E-state index contributed by atoms with van der Waals surface area (Å²) in [4.78, 5) is 0. The van der Waals surface area contributed by atoms with E-state index in [1.54, 1.807) is 0 Å². The van der Waals surface area contributed by atoms with Crippen LogP contribution in [0.5, 0.6) is 5.75 Å². The van der Waals surface area contributed by atoms with E-state index in [0.717, 1.165) is 18.9 Å². The maximum atomic E-state index is 5.76. The van der Waals surface area contributed by atoms with Crippen LogP contribution < -0.4 is 10.1 Å². The van der Waals surface area contributed by atoms with Crippen LogP contribution in [0.25, 0.3) is 0 Å². The first-order valence-corrected chi connectivity index (χ1v) is 7.21. The number of ether oxygens (including phenoxy) is 1. The third kappa shape index (κ3) is 2.86. The minimum Gasteiger partial charge on any atom is -0.493 e. The average molecular weight is 247 g/mol. The van der Waals surface area contributed by atoms with Gasteiger partial charge in [0.05, 0.1) is 6.61 Å². The molecule has 0 bridgehead atoms. The second-order valence-electron chi connectivity index (χ2n) is 5.33. The van der Waals surface area contributed by atoms with Gasteiger partial charge in [-0.3, -0.25) is 0 Å². The summed E-state index contributed by atoms with van der Waals surface area (Å²) < 4.78 is 5.76. The molecular weight excluding hydrogens is 222 g/mol. The second kappa shape index (κ2) is 6.24. The molecule has 0 saturated carbocycles. The molecule has 100 valence electrons. The topological polar surface area (TPSA) is 21.3 Å². The van der Waals surface area contributed by atoms with Crippen molar-refractivity contribution in [2.75, 3.05) is 13.2 Å². The molecule has 1 N–H and O–H groups in total. The first-order chi connectivity index (χ1) is 8.76. The molecule has 3 unspecified atom stereocenters. The molecule has 1 aromatic carbocycles. The fraction of sp³-hybridized carbons (Fsp3) is 0.625. The summed E-state index contributed by atoms with van der Waals surface area (Å²) in [6, 6.07) is 9.10. The van der Waals surface area contributed by atoms with Gasteiger partial charge in [-0.25, -0.2) is 0 Å². The van der Waals surface area contributed by atoms with Crippen molar-refractivity contribution in [2.24, 2.45) is 5.92 Å². The van der Waals surface area contributed by atoms with Crippen LogP contribution >= 0.6 is 0 Å². The van der Waals surface area contributed by atoms with E-state index in [9.17, 15) is 0 Å². The zero-order valence-corrected chi connectivity index (χ0v) is 11.8. The summed E-state index contributed by atoms with van der Waals surface area (Å²) in [7, 11) is 0. The van der Waals surface area contributed by atoms with Gasteiger partial charge in [0.15, 0.2) is 0 Å². The van der Waals surface area contributed by atoms with E-state index in [-0.39, 0.29) is 0 Å². The summed E-state index contributed by atoms with van der Waals surface area (Å²) in [6.45, 7) is 8.72. The Morgan fingerprint density at radius 1 is 1.33 bits per heavy atom. The lowest BCUT2D eigenvalue weighted by molar-refractivity contribution is 0.283. The van der Waals surface area contributed by atoms with E-state index in [0.29, 0.717) is 17.9 Å². The minimum atomic E-state index is 0.573. The highest BCUT2D eigenvalue weighted by Gasteiger charge is 2.27. The molecule has 0 saturated heterocycles. The van der Waals surface area contributed by atoms with E-state index in [1.807, 2.05) is 0 Å². The van der Waals surface area contributed by atoms with E-state index >= 15 is 0 Å². The minimum absolute atomic E-state index is 0.573. The predicted molar refractivity (Wildman–Crippen MR) is 76.2 cm³/mol. The number of para-hydroxylation sites is 1. The average Bonchev–Trinajstić information content (AvgIpc) is 2.79. The maximum Gasteiger partial charge on any atom is 0.122 e. The van der Waals surface area contributed by atoms with Gasteiger partial charge in [-0.15, -0.1) is 0 Å². The first-order valence-electron chi connectivity index (χ1n) is 7.21. The van der Waals surface area contributed by atoms with E-state index in [4.69, 9.17) is 4.74 Å². The molecule has 0 amide bonds. The van der Waals surface area contributed by atoms with Crippen molar-refractivity contribution in [3.05, 3.63) is 29.8 Å². The van der Waals surface area contributed by atoms with Crippen LogP contribution in [0.15, 0.2) is 24.3 Å². The number of rotatable bonds is 6. The summed E-state index contributed by atoms with van der Waals surface area (Å²) in [5, 5.41) is 3.59. The van der Waals surface area contributed by atoms with Crippen LogP contribution in [0, 0.1) is 5.92 Å². The second-order valence-corrected chi connectivity index (χ2v) is 5.33. The van der Waals surface area contributed by atoms with Crippen LogP contribution in [0.4, 0.5) is 0 Å². The smallest absolute Gasteiger partial charge is 0.122 e. The molecule has 2 heteroatoms. The fourth-order valence-corrected chi connectivity index (χ4v) is 3.05. The highest BCUT2D eigenvalue weighted by Crippen LogP contribution is 2.37. The van der Waals surface area contributed by atoms with Crippen molar-refractivity contribution in [1.82, 2.24) is 5.32 Å². The van der Waals surface area contributed by atoms with E-state index in [1.165, 1.54) is 18.4 Å². The van der Waals surface area contributed by atoms with Crippen molar-refractivity contribution in [3.63, 3.8) is 0 Å². The van der Waals surface area contributed by atoms with Gasteiger partial charge >= 0.3 is 0 Å². The lowest BCUT2D eigenvalue weighted by Crippen LogP contribution is -2.35. The van der Waals surface area contributed by atoms with Gasteiger partial charge in [0.25, 0.3) is 0 Å². The molecule has 0 aromatic heterocycles. The van der Waals surface area contributed by atoms with E-state index in [2.05, 4.69) is 50.4 Å². The molecule has 2 rings (SSSR count). The molecule has 1 aromatic rings. The third-order valence-corrected chi connectivity index (χ3v) is 4.05. The van der Waals surface area contributed by atoms with Crippen molar-refractivity contribution in [2.45, 2.75) is 45.6 Å². The zero-order chi connectivity index (χ0) is 13.0. The maximum absolute atomic E-state index is 5.76. The lowest BCUT2D eigenvalue weighted by atomic mass is 9.86. The Hall–Kier alpha value is -1.02. The van der Waals surface area contributed by atoms with Crippen LogP contribution in [0.2, 0.25) is 0 Å². The van der Waals surface area contributed by atoms with Gasteiger partial charge in [-0.2, -0.15) is 0 Å². The Morgan fingerprint density at radius 3 is 2.83 bits per heavy atom. The molecule has 2 nitrogen and oxygen atoms in total. The summed E-state index contributed by atoms with van der Waals surface area (Å²) in [5.74, 6) is 2.35. The largest absolute Gasteiger partial charge is 0.493 e. The Kier molecular flexibility index (Phi) is 4.65. The van der Waals surface area contributed by atoms with E-state index < -0.39 is 0 Å². The van der Waals surface area contributed by atoms with Gasteiger partial charge in [0.1, 0.15) is 5.75 Å². The Morgan fingerprint density at radius 2 is 2.11 bits per heavy atom. The Balaban J connectivity index is 1.98. The predicted octanol–water partition coefficient (Wildman–Crippen LogP) is 3.58. The van der Waals surface area contributed by atoms with Crippen molar-refractivity contribution in [3.8, 4) is 5.75 Å². The van der Waals surface area contributed by atoms with Crippen molar-refractivity contribution >= 4 is 0 Å².